The van der Waals surface area contributed by atoms with Crippen LogP contribution in [0.2, 0.25) is 0 Å². The van der Waals surface area contributed by atoms with Gasteiger partial charge in [-0.25, -0.2) is 0 Å². The number of rotatable bonds is 1. The molecule has 2 heteroatoms. The van der Waals surface area contributed by atoms with Gasteiger partial charge in [0.2, 0.25) is 6.41 Å². The number of amides is 1. The zero-order valence-corrected chi connectivity index (χ0v) is 8.60. The predicted molar refractivity (Wildman–Crippen MR) is 55.9 cm³/mol. The van der Waals surface area contributed by atoms with Gasteiger partial charge >= 0.3 is 0 Å². The molecule has 1 aromatic carbocycles. The van der Waals surface area contributed by atoms with Crippen molar-refractivity contribution in [2.75, 3.05) is 0 Å². The lowest BCUT2D eigenvalue weighted by Crippen LogP contribution is -2.39. The van der Waals surface area contributed by atoms with Gasteiger partial charge in [-0.05, 0) is 31.4 Å². The van der Waals surface area contributed by atoms with Crippen LogP contribution < -0.4 is 0 Å². The molecule has 0 fully saturated rings. The highest BCUT2D eigenvalue weighted by molar-refractivity contribution is 5.51. The largest absolute Gasteiger partial charge is 0.335 e. The fraction of sp³-hybridized carbons (Fsp3) is 0.417. The number of hydrogen-bond donors (Lipinski definition) is 0. The minimum atomic E-state index is 0.215. The lowest BCUT2D eigenvalue weighted by Gasteiger charge is -2.37. The summed E-state index contributed by atoms with van der Waals surface area (Å²) in [7, 11) is 0. The van der Waals surface area contributed by atoms with Crippen LogP contribution in [-0.4, -0.2) is 17.4 Å². The van der Waals surface area contributed by atoms with Crippen molar-refractivity contribution in [1.29, 1.82) is 0 Å². The number of carbonyl (C=O) groups is 1. The molecule has 0 aromatic heterocycles. The van der Waals surface area contributed by atoms with Crippen molar-refractivity contribution in [3.8, 4) is 0 Å². The third kappa shape index (κ3) is 1.31. The van der Waals surface area contributed by atoms with Crippen LogP contribution >= 0.6 is 0 Å². The van der Waals surface area contributed by atoms with Gasteiger partial charge in [0.15, 0.2) is 0 Å². The maximum atomic E-state index is 10.9. The Morgan fingerprint density at radius 3 is 2.79 bits per heavy atom. The van der Waals surface area contributed by atoms with Crippen molar-refractivity contribution in [3.05, 3.63) is 35.4 Å². The van der Waals surface area contributed by atoms with Crippen LogP contribution in [0.4, 0.5) is 0 Å². The summed E-state index contributed by atoms with van der Waals surface area (Å²) in [6, 6.07) is 8.90. The van der Waals surface area contributed by atoms with E-state index in [9.17, 15) is 4.79 Å². The van der Waals surface area contributed by atoms with E-state index in [0.717, 1.165) is 12.8 Å². The molecule has 2 rings (SSSR count). The molecular weight excluding hydrogens is 174 g/mol. The van der Waals surface area contributed by atoms with Crippen molar-refractivity contribution < 1.29 is 4.79 Å². The molecule has 0 saturated heterocycles. The van der Waals surface area contributed by atoms with Gasteiger partial charge < -0.3 is 4.90 Å². The summed E-state index contributed by atoms with van der Waals surface area (Å²) in [5.41, 5.74) is 2.67. The zero-order valence-electron chi connectivity index (χ0n) is 8.60. The topological polar surface area (TPSA) is 20.3 Å². The standard InChI is InChI=1S/C12H15NO/c1-9-7-11-5-3-4-6-12(11)10(2)13(9)8-14/h3-6,8-10H,7H2,1-2H3/t9-,10-/m1/s1. The molecule has 0 spiro atoms. The molecule has 1 aliphatic rings. The molecular formula is C12H15NO. The highest BCUT2D eigenvalue weighted by Gasteiger charge is 2.27. The Morgan fingerprint density at radius 1 is 1.36 bits per heavy atom. The van der Waals surface area contributed by atoms with Crippen LogP contribution in [0, 0.1) is 0 Å². The first kappa shape index (κ1) is 9.25. The highest BCUT2D eigenvalue weighted by atomic mass is 16.1. The SMILES string of the molecule is C[C@@H]1Cc2ccccc2[C@@H](C)N1C=O. The van der Waals surface area contributed by atoms with Gasteiger partial charge in [0.1, 0.15) is 0 Å². The summed E-state index contributed by atoms with van der Waals surface area (Å²) in [4.78, 5) is 12.8. The molecule has 0 unspecified atom stereocenters. The number of carbonyl (C=O) groups excluding carboxylic acids is 1. The van der Waals surface area contributed by atoms with E-state index in [1.807, 2.05) is 11.0 Å². The Hall–Kier alpha value is -1.31. The molecule has 1 amide bonds. The van der Waals surface area contributed by atoms with Crippen molar-refractivity contribution in [1.82, 2.24) is 4.90 Å². The fourth-order valence-corrected chi connectivity index (χ4v) is 2.29. The van der Waals surface area contributed by atoms with Crippen molar-refractivity contribution in [3.63, 3.8) is 0 Å². The lowest BCUT2D eigenvalue weighted by atomic mass is 9.90. The van der Waals surface area contributed by atoms with Gasteiger partial charge in [-0.1, -0.05) is 24.3 Å². The molecule has 0 aliphatic carbocycles. The van der Waals surface area contributed by atoms with E-state index in [1.165, 1.54) is 11.1 Å². The molecule has 74 valence electrons. The second-order valence-electron chi connectivity index (χ2n) is 3.98. The van der Waals surface area contributed by atoms with E-state index < -0.39 is 0 Å². The van der Waals surface area contributed by atoms with Crippen LogP contribution in [0.1, 0.15) is 31.0 Å². The lowest BCUT2D eigenvalue weighted by molar-refractivity contribution is -0.122. The third-order valence-electron chi connectivity index (χ3n) is 3.10. The molecule has 2 nitrogen and oxygen atoms in total. The maximum Gasteiger partial charge on any atom is 0.210 e. The molecule has 2 atom stereocenters. The van der Waals surface area contributed by atoms with Crippen LogP contribution in [0.15, 0.2) is 24.3 Å². The Kier molecular flexibility index (Phi) is 2.28. The molecule has 1 aliphatic heterocycles. The average Bonchev–Trinajstić information content (AvgIpc) is 2.18. The molecule has 0 saturated carbocycles. The van der Waals surface area contributed by atoms with Crippen LogP contribution in [-0.2, 0) is 11.2 Å². The third-order valence-corrected chi connectivity index (χ3v) is 3.10. The Morgan fingerprint density at radius 2 is 2.07 bits per heavy atom. The summed E-state index contributed by atoms with van der Waals surface area (Å²) in [5, 5.41) is 0. The van der Waals surface area contributed by atoms with Gasteiger partial charge in [0.25, 0.3) is 0 Å². The first-order valence-electron chi connectivity index (χ1n) is 5.04. The average molecular weight is 189 g/mol. The Labute approximate surface area is 84.5 Å². The summed E-state index contributed by atoms with van der Waals surface area (Å²) in [5.74, 6) is 0. The summed E-state index contributed by atoms with van der Waals surface area (Å²) in [6.07, 6.45) is 1.94. The van der Waals surface area contributed by atoms with E-state index in [-0.39, 0.29) is 6.04 Å². The van der Waals surface area contributed by atoms with E-state index in [0.29, 0.717) is 6.04 Å². The fourth-order valence-electron chi connectivity index (χ4n) is 2.29. The molecule has 0 N–H and O–H groups in total. The Bertz CT molecular complexity index is 348. The number of benzene rings is 1. The first-order chi connectivity index (χ1) is 6.74. The number of fused-ring (bicyclic) bond motifs is 1. The second-order valence-corrected chi connectivity index (χ2v) is 3.98. The maximum absolute atomic E-state index is 10.9. The van der Waals surface area contributed by atoms with E-state index in [4.69, 9.17) is 0 Å². The molecule has 1 heterocycles. The monoisotopic (exact) mass is 189 g/mol. The van der Waals surface area contributed by atoms with E-state index in [2.05, 4.69) is 32.0 Å². The number of nitrogens with zero attached hydrogens (tertiary/aromatic N) is 1. The Balaban J connectivity index is 2.43. The minimum absolute atomic E-state index is 0.215. The van der Waals surface area contributed by atoms with Crippen LogP contribution in [0.5, 0.6) is 0 Å². The molecule has 1 aromatic rings. The summed E-state index contributed by atoms with van der Waals surface area (Å²) >= 11 is 0. The van der Waals surface area contributed by atoms with Crippen molar-refractivity contribution >= 4 is 6.41 Å². The van der Waals surface area contributed by atoms with Crippen LogP contribution in [0.3, 0.4) is 0 Å². The second kappa shape index (κ2) is 3.45. The minimum Gasteiger partial charge on any atom is -0.335 e. The van der Waals surface area contributed by atoms with E-state index >= 15 is 0 Å². The van der Waals surface area contributed by atoms with Crippen molar-refractivity contribution in [2.24, 2.45) is 0 Å². The van der Waals surface area contributed by atoms with Crippen LogP contribution in [0.25, 0.3) is 0 Å². The zero-order chi connectivity index (χ0) is 10.1. The van der Waals surface area contributed by atoms with Gasteiger partial charge in [-0.15, -0.1) is 0 Å². The normalized spacial score (nSPS) is 25.7. The summed E-state index contributed by atoms with van der Waals surface area (Å²) in [6.45, 7) is 4.18. The molecule has 14 heavy (non-hydrogen) atoms. The predicted octanol–water partition coefficient (Wildman–Crippen LogP) is 2.15. The highest BCUT2D eigenvalue weighted by Crippen LogP contribution is 2.30. The molecule has 0 bridgehead atoms. The van der Waals surface area contributed by atoms with Gasteiger partial charge in [0.05, 0.1) is 6.04 Å². The van der Waals surface area contributed by atoms with Gasteiger partial charge in [-0.3, -0.25) is 4.79 Å². The van der Waals surface area contributed by atoms with E-state index in [1.54, 1.807) is 0 Å². The van der Waals surface area contributed by atoms with Gasteiger partial charge in [-0.2, -0.15) is 0 Å². The molecule has 0 radical (unpaired) electrons. The van der Waals surface area contributed by atoms with Crippen molar-refractivity contribution in [2.45, 2.75) is 32.4 Å². The summed E-state index contributed by atoms with van der Waals surface area (Å²) < 4.78 is 0. The quantitative estimate of drug-likeness (QED) is 0.620. The van der Waals surface area contributed by atoms with Gasteiger partial charge in [0, 0.05) is 6.04 Å². The smallest absolute Gasteiger partial charge is 0.210 e. The first-order valence-corrected chi connectivity index (χ1v) is 5.04. The number of hydrogen-bond acceptors (Lipinski definition) is 1.